The van der Waals surface area contributed by atoms with E-state index in [9.17, 15) is 9.59 Å². The number of nitrogens with one attached hydrogen (secondary N) is 2. The Kier molecular flexibility index (Phi) is 6.58. The number of carbonyl (C=O) groups is 2. The molecule has 2 aliphatic heterocycles. The molecule has 0 aromatic heterocycles. The quantitative estimate of drug-likeness (QED) is 0.407. The van der Waals surface area contributed by atoms with E-state index in [1.54, 1.807) is 19.7 Å². The highest BCUT2D eigenvalue weighted by Crippen LogP contribution is 2.70. The molecule has 11 atom stereocenters. The fourth-order valence-corrected chi connectivity index (χ4v) is 10.6. The van der Waals surface area contributed by atoms with E-state index in [-0.39, 0.29) is 35.4 Å². The van der Waals surface area contributed by atoms with Crippen molar-refractivity contribution in [1.29, 1.82) is 0 Å². The van der Waals surface area contributed by atoms with Crippen LogP contribution in [0, 0.1) is 46.3 Å². The van der Waals surface area contributed by atoms with Crippen LogP contribution >= 0.6 is 0 Å². The molecule has 3 saturated carbocycles. The average molecular weight is 526 g/mol. The summed E-state index contributed by atoms with van der Waals surface area (Å²) in [7, 11) is 3.41. The van der Waals surface area contributed by atoms with E-state index in [0.717, 1.165) is 49.5 Å². The summed E-state index contributed by atoms with van der Waals surface area (Å²) in [6.07, 6.45) is 13.6. The molecule has 2 heterocycles. The predicted octanol–water partition coefficient (Wildman–Crippen LogP) is 4.89. The van der Waals surface area contributed by atoms with E-state index in [1.807, 2.05) is 0 Å². The van der Waals surface area contributed by atoms with Gasteiger partial charge in [0.15, 0.2) is 0 Å². The molecule has 212 valence electrons. The molecule has 0 bridgehead atoms. The smallest absolute Gasteiger partial charge is 0.231 e. The number of nitrogens with zero attached hydrogens (tertiary/aromatic N) is 1. The van der Waals surface area contributed by atoms with Crippen molar-refractivity contribution in [3.8, 4) is 0 Å². The minimum absolute atomic E-state index is 0.0521. The Hall–Kier alpha value is -1.40. The number of rotatable bonds is 3. The minimum Gasteiger partial charge on any atom is -0.357 e. The van der Waals surface area contributed by atoms with E-state index >= 15 is 0 Å². The van der Waals surface area contributed by atoms with Crippen molar-refractivity contribution in [1.82, 2.24) is 15.5 Å². The standard InChI is InChI=1S/C32H51N3O3/c1-19-9-14-32(33-18-19)20(2)29-26(38-32)16-25-23-8-7-21-15-22(34-27(36)17-28(37)35(5)6)10-12-30(21,3)24(23)11-13-31(25,29)4/h7,19-20,22-26,29,33H,8-18H2,1-6H3,(H,34,36)/t19-,20+,22+,23-,24+,25+,26+,29+,30+,31+,32-/m1/s1. The SMILES string of the molecule is C[C@@H]1CC[C@@]2(NC1)O[C@H]1C[C@H]3[C@@H]4CC=C5C[C@@H](NC(=O)CC(=O)N(C)C)CC[C@]5(C)[C@H]4CC[C@]3(C)[C@H]1[C@@H]2C. The lowest BCUT2D eigenvalue weighted by atomic mass is 9.46. The van der Waals surface area contributed by atoms with Crippen LogP contribution in [0.1, 0.15) is 91.9 Å². The van der Waals surface area contributed by atoms with Gasteiger partial charge >= 0.3 is 0 Å². The van der Waals surface area contributed by atoms with E-state index in [2.05, 4.69) is 44.4 Å². The number of fused-ring (bicyclic) bond motifs is 7. The summed E-state index contributed by atoms with van der Waals surface area (Å²) in [5, 5.41) is 7.07. The van der Waals surface area contributed by atoms with Crippen molar-refractivity contribution in [3.63, 3.8) is 0 Å². The molecule has 6 aliphatic rings. The van der Waals surface area contributed by atoms with Gasteiger partial charge in [-0.1, -0.05) is 39.3 Å². The fourth-order valence-electron chi connectivity index (χ4n) is 10.6. The van der Waals surface area contributed by atoms with Crippen LogP contribution in [0.25, 0.3) is 0 Å². The van der Waals surface area contributed by atoms with Gasteiger partial charge in [0.25, 0.3) is 0 Å². The van der Waals surface area contributed by atoms with Crippen LogP contribution in [0.4, 0.5) is 0 Å². The average Bonchev–Trinajstić information content (AvgIpc) is 3.31. The van der Waals surface area contributed by atoms with Gasteiger partial charge in [-0.15, -0.1) is 0 Å². The third-order valence-electron chi connectivity index (χ3n) is 12.8. The third kappa shape index (κ3) is 4.02. The number of hydrogen-bond acceptors (Lipinski definition) is 4. The van der Waals surface area contributed by atoms with Gasteiger partial charge in [0, 0.05) is 32.6 Å². The number of amides is 2. The van der Waals surface area contributed by atoms with Crippen LogP contribution in [0.3, 0.4) is 0 Å². The van der Waals surface area contributed by atoms with Crippen molar-refractivity contribution in [3.05, 3.63) is 11.6 Å². The Morgan fingerprint density at radius 2 is 1.89 bits per heavy atom. The molecule has 0 unspecified atom stereocenters. The molecule has 2 N–H and O–H groups in total. The Labute approximate surface area is 230 Å². The summed E-state index contributed by atoms with van der Waals surface area (Å²) >= 11 is 0. The van der Waals surface area contributed by atoms with Gasteiger partial charge in [-0.2, -0.15) is 0 Å². The lowest BCUT2D eigenvalue weighted by Crippen LogP contribution is -2.57. The second-order valence-electron chi connectivity index (χ2n) is 14.9. The number of piperidine rings is 1. The summed E-state index contributed by atoms with van der Waals surface area (Å²) in [4.78, 5) is 26.0. The Balaban J connectivity index is 1.15. The highest BCUT2D eigenvalue weighted by molar-refractivity contribution is 5.96. The number of allylic oxidation sites excluding steroid dienone is 1. The van der Waals surface area contributed by atoms with Crippen molar-refractivity contribution in [2.75, 3.05) is 20.6 Å². The Morgan fingerprint density at radius 1 is 1.11 bits per heavy atom. The fraction of sp³-hybridized carbons (Fsp3) is 0.875. The first-order valence-corrected chi connectivity index (χ1v) is 15.6. The Morgan fingerprint density at radius 3 is 2.61 bits per heavy atom. The predicted molar refractivity (Wildman–Crippen MR) is 149 cm³/mol. The molecule has 2 amide bonds. The van der Waals surface area contributed by atoms with Crippen molar-refractivity contribution in [2.24, 2.45) is 46.3 Å². The minimum atomic E-state index is -0.133. The van der Waals surface area contributed by atoms with Crippen LogP contribution in [-0.2, 0) is 14.3 Å². The van der Waals surface area contributed by atoms with Crippen LogP contribution in [-0.4, -0.2) is 55.2 Å². The van der Waals surface area contributed by atoms with Crippen LogP contribution in [0.5, 0.6) is 0 Å². The summed E-state index contributed by atoms with van der Waals surface area (Å²) in [6.45, 7) is 11.1. The molecule has 1 spiro atoms. The normalized spacial score (nSPS) is 49.4. The molecule has 38 heavy (non-hydrogen) atoms. The molecule has 6 nitrogen and oxygen atoms in total. The molecule has 4 aliphatic carbocycles. The maximum absolute atomic E-state index is 12.5. The second-order valence-corrected chi connectivity index (χ2v) is 14.9. The second kappa shape index (κ2) is 9.33. The van der Waals surface area contributed by atoms with Gasteiger partial charge < -0.3 is 15.0 Å². The number of carbonyl (C=O) groups excluding carboxylic acids is 2. The van der Waals surface area contributed by atoms with Crippen LogP contribution < -0.4 is 10.6 Å². The van der Waals surface area contributed by atoms with Gasteiger partial charge in [0.2, 0.25) is 11.8 Å². The van der Waals surface area contributed by atoms with E-state index < -0.39 is 0 Å². The first-order valence-electron chi connectivity index (χ1n) is 15.6. The molecular formula is C32H51N3O3. The molecule has 0 aromatic rings. The first-order chi connectivity index (χ1) is 18.0. The zero-order valence-corrected chi connectivity index (χ0v) is 24.6. The summed E-state index contributed by atoms with van der Waals surface area (Å²) < 4.78 is 7.04. The van der Waals surface area contributed by atoms with Gasteiger partial charge in [0.1, 0.15) is 12.1 Å². The van der Waals surface area contributed by atoms with Crippen molar-refractivity contribution >= 4 is 11.8 Å². The Bertz CT molecular complexity index is 1000. The molecule has 6 rings (SSSR count). The van der Waals surface area contributed by atoms with Crippen molar-refractivity contribution in [2.45, 2.75) is 110 Å². The maximum Gasteiger partial charge on any atom is 0.231 e. The molecule has 5 fully saturated rings. The topological polar surface area (TPSA) is 70.7 Å². The molecule has 0 aromatic carbocycles. The van der Waals surface area contributed by atoms with E-state index in [1.165, 1.54) is 43.4 Å². The highest BCUT2D eigenvalue weighted by Gasteiger charge is 2.68. The van der Waals surface area contributed by atoms with Crippen molar-refractivity contribution < 1.29 is 14.3 Å². The third-order valence-corrected chi connectivity index (χ3v) is 12.8. The van der Waals surface area contributed by atoms with E-state index in [0.29, 0.717) is 23.4 Å². The van der Waals surface area contributed by atoms with Gasteiger partial charge in [-0.05, 0) is 98.2 Å². The largest absolute Gasteiger partial charge is 0.357 e. The number of ether oxygens (including phenoxy) is 1. The van der Waals surface area contributed by atoms with Crippen LogP contribution in [0.15, 0.2) is 11.6 Å². The number of hydrogen-bond donors (Lipinski definition) is 2. The monoisotopic (exact) mass is 525 g/mol. The van der Waals surface area contributed by atoms with Gasteiger partial charge in [-0.25, -0.2) is 0 Å². The summed E-state index contributed by atoms with van der Waals surface area (Å²) in [5.41, 5.74) is 2.11. The molecule has 0 radical (unpaired) electrons. The zero-order valence-electron chi connectivity index (χ0n) is 24.6. The van der Waals surface area contributed by atoms with Gasteiger partial charge in [-0.3, -0.25) is 14.9 Å². The summed E-state index contributed by atoms with van der Waals surface area (Å²) in [6, 6.07) is 0.157. The lowest BCUT2D eigenvalue weighted by molar-refractivity contribution is -0.134. The maximum atomic E-state index is 12.5. The van der Waals surface area contributed by atoms with E-state index in [4.69, 9.17) is 4.74 Å². The molecule has 2 saturated heterocycles. The first kappa shape index (κ1) is 26.8. The highest BCUT2D eigenvalue weighted by atomic mass is 16.5. The van der Waals surface area contributed by atoms with Crippen LogP contribution in [0.2, 0.25) is 0 Å². The summed E-state index contributed by atoms with van der Waals surface area (Å²) in [5.74, 6) is 3.98. The van der Waals surface area contributed by atoms with Gasteiger partial charge in [0.05, 0.1) is 6.10 Å². The lowest BCUT2D eigenvalue weighted by Gasteiger charge is -2.58. The molecular weight excluding hydrogens is 474 g/mol. The zero-order chi connectivity index (χ0) is 27.0. The molecule has 6 heteroatoms.